The molecule has 3 aromatic rings. The van der Waals surface area contributed by atoms with Crippen molar-refractivity contribution in [3.63, 3.8) is 0 Å². The first-order chi connectivity index (χ1) is 10.0. The standard InChI is InChI=1S/C14H7Cl2F3N2/c15-6-13-20-11-3-7(16)1-2-12(11)21(13)14-9(18)4-8(17)5-10(14)19/h1-5H,6H2. The van der Waals surface area contributed by atoms with Gasteiger partial charge >= 0.3 is 0 Å². The van der Waals surface area contributed by atoms with E-state index in [2.05, 4.69) is 4.98 Å². The lowest BCUT2D eigenvalue weighted by atomic mass is 10.2. The largest absolute Gasteiger partial charge is 0.290 e. The van der Waals surface area contributed by atoms with E-state index in [0.717, 1.165) is 0 Å². The second kappa shape index (κ2) is 5.24. The van der Waals surface area contributed by atoms with Crippen molar-refractivity contribution in [1.29, 1.82) is 0 Å². The zero-order valence-corrected chi connectivity index (χ0v) is 11.9. The van der Waals surface area contributed by atoms with E-state index in [9.17, 15) is 13.2 Å². The molecule has 1 heterocycles. The Morgan fingerprint density at radius 2 is 1.71 bits per heavy atom. The molecular formula is C14H7Cl2F3N2. The van der Waals surface area contributed by atoms with E-state index in [1.54, 1.807) is 18.2 Å². The van der Waals surface area contributed by atoms with Gasteiger partial charge in [-0.2, -0.15) is 0 Å². The molecule has 0 unspecified atom stereocenters. The highest BCUT2D eigenvalue weighted by molar-refractivity contribution is 6.31. The van der Waals surface area contributed by atoms with Gasteiger partial charge in [0.25, 0.3) is 0 Å². The van der Waals surface area contributed by atoms with Crippen LogP contribution in [-0.4, -0.2) is 9.55 Å². The Hall–Kier alpha value is -1.72. The van der Waals surface area contributed by atoms with Crippen LogP contribution in [0.25, 0.3) is 16.7 Å². The minimum atomic E-state index is -1.03. The highest BCUT2D eigenvalue weighted by Crippen LogP contribution is 2.28. The minimum Gasteiger partial charge on any atom is -0.290 e. The maximum absolute atomic E-state index is 14.0. The van der Waals surface area contributed by atoms with E-state index in [1.165, 1.54) is 4.57 Å². The average Bonchev–Trinajstić information content (AvgIpc) is 2.75. The maximum atomic E-state index is 14.0. The second-order valence-electron chi connectivity index (χ2n) is 4.35. The predicted molar refractivity (Wildman–Crippen MR) is 75.5 cm³/mol. The quantitative estimate of drug-likeness (QED) is 0.615. The summed E-state index contributed by atoms with van der Waals surface area (Å²) in [6.07, 6.45) is 0. The molecular weight excluding hydrogens is 324 g/mol. The Morgan fingerprint density at radius 1 is 1.05 bits per heavy atom. The Labute approximate surface area is 127 Å². The van der Waals surface area contributed by atoms with Gasteiger partial charge in [0.2, 0.25) is 0 Å². The van der Waals surface area contributed by atoms with E-state index in [-0.39, 0.29) is 11.7 Å². The van der Waals surface area contributed by atoms with E-state index >= 15 is 0 Å². The Kier molecular flexibility index (Phi) is 3.55. The van der Waals surface area contributed by atoms with Crippen LogP contribution in [-0.2, 0) is 5.88 Å². The fourth-order valence-corrected chi connectivity index (χ4v) is 2.54. The van der Waals surface area contributed by atoms with Crippen LogP contribution in [0.1, 0.15) is 5.82 Å². The molecule has 7 heteroatoms. The van der Waals surface area contributed by atoms with Gasteiger partial charge in [-0.3, -0.25) is 4.57 Å². The number of hydrogen-bond acceptors (Lipinski definition) is 1. The highest BCUT2D eigenvalue weighted by atomic mass is 35.5. The molecule has 3 rings (SSSR count). The fourth-order valence-electron chi connectivity index (χ4n) is 2.19. The van der Waals surface area contributed by atoms with Gasteiger partial charge in [-0.25, -0.2) is 18.2 Å². The lowest BCUT2D eigenvalue weighted by molar-refractivity contribution is 0.534. The van der Waals surface area contributed by atoms with Gasteiger partial charge < -0.3 is 0 Å². The zero-order chi connectivity index (χ0) is 15.1. The number of hydrogen-bond donors (Lipinski definition) is 0. The van der Waals surface area contributed by atoms with E-state index in [4.69, 9.17) is 23.2 Å². The van der Waals surface area contributed by atoms with Crippen molar-refractivity contribution in [2.24, 2.45) is 0 Å². The zero-order valence-electron chi connectivity index (χ0n) is 10.4. The van der Waals surface area contributed by atoms with Crippen LogP contribution in [0.5, 0.6) is 0 Å². The van der Waals surface area contributed by atoms with Gasteiger partial charge in [-0.05, 0) is 18.2 Å². The highest BCUT2D eigenvalue weighted by Gasteiger charge is 2.19. The molecule has 0 saturated heterocycles. The predicted octanol–water partition coefficient (Wildman–Crippen LogP) is 4.84. The number of alkyl halides is 1. The summed E-state index contributed by atoms with van der Waals surface area (Å²) in [4.78, 5) is 4.19. The summed E-state index contributed by atoms with van der Waals surface area (Å²) in [5.74, 6) is -2.89. The summed E-state index contributed by atoms with van der Waals surface area (Å²) in [7, 11) is 0. The maximum Gasteiger partial charge on any atom is 0.153 e. The third kappa shape index (κ3) is 2.36. The van der Waals surface area contributed by atoms with Crippen molar-refractivity contribution in [2.45, 2.75) is 5.88 Å². The number of aromatic nitrogens is 2. The first-order valence-corrected chi connectivity index (χ1v) is 6.80. The van der Waals surface area contributed by atoms with Crippen molar-refractivity contribution in [3.05, 3.63) is 58.6 Å². The van der Waals surface area contributed by atoms with E-state index in [1.807, 2.05) is 0 Å². The van der Waals surface area contributed by atoms with Crippen molar-refractivity contribution in [1.82, 2.24) is 9.55 Å². The molecule has 0 aliphatic heterocycles. The van der Waals surface area contributed by atoms with Crippen molar-refractivity contribution >= 4 is 34.2 Å². The Balaban J connectivity index is 2.39. The van der Waals surface area contributed by atoms with Crippen molar-refractivity contribution in [2.75, 3.05) is 0 Å². The summed E-state index contributed by atoms with van der Waals surface area (Å²) in [5.41, 5.74) is 0.456. The first kappa shape index (κ1) is 14.2. The van der Waals surface area contributed by atoms with Gasteiger partial charge in [0.15, 0.2) is 11.6 Å². The average molecular weight is 331 g/mol. The van der Waals surface area contributed by atoms with Crippen LogP contribution < -0.4 is 0 Å². The number of halogens is 5. The van der Waals surface area contributed by atoms with Crippen molar-refractivity contribution < 1.29 is 13.2 Å². The van der Waals surface area contributed by atoms with E-state index < -0.39 is 23.1 Å². The first-order valence-electron chi connectivity index (χ1n) is 5.89. The molecule has 108 valence electrons. The summed E-state index contributed by atoms with van der Waals surface area (Å²) >= 11 is 11.7. The summed E-state index contributed by atoms with van der Waals surface area (Å²) in [6, 6.07) is 5.92. The molecule has 0 N–H and O–H groups in total. The molecule has 0 fully saturated rings. The molecule has 2 nitrogen and oxygen atoms in total. The second-order valence-corrected chi connectivity index (χ2v) is 5.05. The smallest absolute Gasteiger partial charge is 0.153 e. The van der Waals surface area contributed by atoms with Crippen molar-refractivity contribution in [3.8, 4) is 5.69 Å². The molecule has 0 radical (unpaired) electrons. The summed E-state index contributed by atoms with van der Waals surface area (Å²) in [6.45, 7) is 0. The van der Waals surface area contributed by atoms with Crippen LogP contribution >= 0.6 is 23.2 Å². The molecule has 0 aliphatic carbocycles. The van der Waals surface area contributed by atoms with Gasteiger partial charge in [-0.1, -0.05) is 11.6 Å². The van der Waals surface area contributed by atoms with Crippen LogP contribution in [0.4, 0.5) is 13.2 Å². The number of nitrogens with zero attached hydrogens (tertiary/aromatic N) is 2. The van der Waals surface area contributed by atoms with Gasteiger partial charge in [-0.15, -0.1) is 11.6 Å². The van der Waals surface area contributed by atoms with Crippen LogP contribution in [0.15, 0.2) is 30.3 Å². The monoisotopic (exact) mass is 330 g/mol. The third-order valence-electron chi connectivity index (χ3n) is 3.01. The van der Waals surface area contributed by atoms with Gasteiger partial charge in [0.1, 0.15) is 17.3 Å². The SMILES string of the molecule is Fc1cc(F)c(-n2c(CCl)nc3cc(Cl)ccc32)c(F)c1. The lowest BCUT2D eigenvalue weighted by Crippen LogP contribution is -2.06. The topological polar surface area (TPSA) is 17.8 Å². The number of benzene rings is 2. The van der Waals surface area contributed by atoms with Crippen LogP contribution in [0.2, 0.25) is 5.02 Å². The van der Waals surface area contributed by atoms with Crippen LogP contribution in [0, 0.1) is 17.5 Å². The van der Waals surface area contributed by atoms with Crippen LogP contribution in [0.3, 0.4) is 0 Å². The summed E-state index contributed by atoms with van der Waals surface area (Å²) < 4.78 is 42.3. The lowest BCUT2D eigenvalue weighted by Gasteiger charge is -2.10. The molecule has 0 amide bonds. The Bertz CT molecular complexity index is 823. The molecule has 0 aliphatic rings. The number of imidazole rings is 1. The molecule has 0 spiro atoms. The fraction of sp³-hybridized carbons (Fsp3) is 0.0714. The third-order valence-corrected chi connectivity index (χ3v) is 3.48. The molecule has 21 heavy (non-hydrogen) atoms. The van der Waals surface area contributed by atoms with Gasteiger partial charge in [0, 0.05) is 17.2 Å². The number of rotatable bonds is 2. The minimum absolute atomic E-state index is 0.0669. The van der Waals surface area contributed by atoms with Gasteiger partial charge in [0.05, 0.1) is 16.9 Å². The number of fused-ring (bicyclic) bond motifs is 1. The molecule has 0 saturated carbocycles. The van der Waals surface area contributed by atoms with E-state index in [0.29, 0.717) is 28.2 Å². The molecule has 1 aromatic heterocycles. The Morgan fingerprint density at radius 3 is 2.33 bits per heavy atom. The summed E-state index contributed by atoms with van der Waals surface area (Å²) in [5, 5.41) is 0.438. The molecule has 0 bridgehead atoms. The molecule has 0 atom stereocenters. The molecule has 2 aromatic carbocycles. The normalized spacial score (nSPS) is 11.3.